The first kappa shape index (κ1) is 9.92. The van der Waals surface area contributed by atoms with E-state index in [0.29, 0.717) is 13.1 Å². The number of hydrogen-bond donors (Lipinski definition) is 2. The highest BCUT2D eigenvalue weighted by molar-refractivity contribution is 6.00. The molecule has 0 fully saturated rings. The minimum absolute atomic E-state index is 0.0178. The molecule has 0 aromatic carbocycles. The number of amides is 1. The number of anilines is 2. The number of nitrogens with one attached hydrogen (secondary N) is 1. The highest BCUT2D eigenvalue weighted by Gasteiger charge is 2.24. The minimum atomic E-state index is -0.0178. The maximum absolute atomic E-state index is 11.4. The van der Waals surface area contributed by atoms with Crippen LogP contribution < -0.4 is 16.0 Å². The topological polar surface area (TPSA) is 71.2 Å². The summed E-state index contributed by atoms with van der Waals surface area (Å²) >= 11 is 0. The van der Waals surface area contributed by atoms with Crippen molar-refractivity contribution in [1.82, 2.24) is 4.98 Å². The first-order valence-corrected chi connectivity index (χ1v) is 4.93. The summed E-state index contributed by atoms with van der Waals surface area (Å²) in [5.74, 6) is -0.0178. The molecule has 0 radical (unpaired) electrons. The average molecular weight is 206 g/mol. The number of carbonyl (C=O) groups excluding carboxylic acids is 1. The van der Waals surface area contributed by atoms with Gasteiger partial charge < -0.3 is 16.0 Å². The second kappa shape index (κ2) is 3.86. The SMILES string of the molecule is CC(CN)N1CC(=O)Nc2cnccc21. The Bertz CT molecular complexity index is 379. The van der Waals surface area contributed by atoms with Crippen molar-refractivity contribution in [2.24, 2.45) is 5.73 Å². The zero-order valence-electron chi connectivity index (χ0n) is 8.60. The quantitative estimate of drug-likeness (QED) is 0.724. The molecule has 1 aromatic heterocycles. The van der Waals surface area contributed by atoms with Crippen LogP contribution >= 0.6 is 0 Å². The lowest BCUT2D eigenvalue weighted by Gasteiger charge is -2.34. The van der Waals surface area contributed by atoms with Crippen molar-refractivity contribution in [3.05, 3.63) is 18.5 Å². The summed E-state index contributed by atoms with van der Waals surface area (Å²) < 4.78 is 0. The Balaban J connectivity index is 2.38. The van der Waals surface area contributed by atoms with Crippen LogP contribution in [0.2, 0.25) is 0 Å². The largest absolute Gasteiger partial charge is 0.356 e. The van der Waals surface area contributed by atoms with E-state index in [1.807, 2.05) is 17.9 Å². The molecule has 1 amide bonds. The summed E-state index contributed by atoms with van der Waals surface area (Å²) in [5.41, 5.74) is 7.36. The van der Waals surface area contributed by atoms with Gasteiger partial charge in [-0.3, -0.25) is 9.78 Å². The van der Waals surface area contributed by atoms with Crippen molar-refractivity contribution >= 4 is 17.3 Å². The number of carbonyl (C=O) groups is 1. The van der Waals surface area contributed by atoms with Crippen molar-refractivity contribution in [3.8, 4) is 0 Å². The van der Waals surface area contributed by atoms with Crippen LogP contribution in [0.15, 0.2) is 18.5 Å². The van der Waals surface area contributed by atoms with Gasteiger partial charge in [0.05, 0.1) is 24.1 Å². The van der Waals surface area contributed by atoms with E-state index in [4.69, 9.17) is 5.73 Å². The van der Waals surface area contributed by atoms with Gasteiger partial charge in [0, 0.05) is 18.8 Å². The lowest BCUT2D eigenvalue weighted by molar-refractivity contribution is -0.115. The average Bonchev–Trinajstić information content (AvgIpc) is 2.26. The van der Waals surface area contributed by atoms with E-state index in [0.717, 1.165) is 11.4 Å². The van der Waals surface area contributed by atoms with Gasteiger partial charge in [0.15, 0.2) is 0 Å². The fourth-order valence-corrected chi connectivity index (χ4v) is 1.68. The molecule has 1 unspecified atom stereocenters. The molecule has 5 nitrogen and oxygen atoms in total. The smallest absolute Gasteiger partial charge is 0.244 e. The number of fused-ring (bicyclic) bond motifs is 1. The maximum Gasteiger partial charge on any atom is 0.244 e. The Hall–Kier alpha value is -1.62. The van der Waals surface area contributed by atoms with E-state index in [2.05, 4.69) is 10.3 Å². The van der Waals surface area contributed by atoms with E-state index in [-0.39, 0.29) is 11.9 Å². The number of pyridine rings is 1. The van der Waals surface area contributed by atoms with E-state index < -0.39 is 0 Å². The number of nitrogens with two attached hydrogens (primary N) is 1. The molecule has 1 aliphatic rings. The molecule has 2 heterocycles. The summed E-state index contributed by atoms with van der Waals surface area (Å²) in [6.07, 6.45) is 3.37. The van der Waals surface area contributed by atoms with Gasteiger partial charge >= 0.3 is 0 Å². The molecular formula is C10H14N4O. The third-order valence-electron chi connectivity index (χ3n) is 2.57. The first-order valence-electron chi connectivity index (χ1n) is 4.93. The van der Waals surface area contributed by atoms with Gasteiger partial charge in [0.1, 0.15) is 0 Å². The molecule has 0 saturated heterocycles. The molecule has 2 rings (SSSR count). The van der Waals surface area contributed by atoms with Gasteiger partial charge in [-0.2, -0.15) is 0 Å². The van der Waals surface area contributed by atoms with Gasteiger partial charge in [-0.25, -0.2) is 0 Å². The fraction of sp³-hybridized carbons (Fsp3) is 0.400. The zero-order chi connectivity index (χ0) is 10.8. The summed E-state index contributed by atoms with van der Waals surface area (Å²) in [6.45, 7) is 2.88. The molecular weight excluding hydrogens is 192 g/mol. The third-order valence-corrected chi connectivity index (χ3v) is 2.57. The van der Waals surface area contributed by atoms with Crippen LogP contribution in [0, 0.1) is 0 Å². The number of nitrogens with zero attached hydrogens (tertiary/aromatic N) is 2. The number of hydrogen-bond acceptors (Lipinski definition) is 4. The Kier molecular flexibility index (Phi) is 2.55. The number of aromatic nitrogens is 1. The summed E-state index contributed by atoms with van der Waals surface area (Å²) in [7, 11) is 0. The highest BCUT2D eigenvalue weighted by Crippen LogP contribution is 2.28. The molecule has 1 atom stereocenters. The molecule has 3 N–H and O–H groups in total. The molecule has 80 valence electrons. The zero-order valence-corrected chi connectivity index (χ0v) is 8.60. The van der Waals surface area contributed by atoms with E-state index in [1.165, 1.54) is 0 Å². The fourth-order valence-electron chi connectivity index (χ4n) is 1.68. The van der Waals surface area contributed by atoms with Crippen LogP contribution in [0.3, 0.4) is 0 Å². The van der Waals surface area contributed by atoms with Crippen LogP contribution in [-0.2, 0) is 4.79 Å². The lowest BCUT2D eigenvalue weighted by Crippen LogP contribution is -2.46. The van der Waals surface area contributed by atoms with E-state index >= 15 is 0 Å². The number of rotatable bonds is 2. The maximum atomic E-state index is 11.4. The Labute approximate surface area is 88.3 Å². The monoisotopic (exact) mass is 206 g/mol. The normalized spacial score (nSPS) is 16.9. The summed E-state index contributed by atoms with van der Waals surface area (Å²) in [6, 6.07) is 2.04. The van der Waals surface area contributed by atoms with Crippen molar-refractivity contribution in [2.75, 3.05) is 23.3 Å². The highest BCUT2D eigenvalue weighted by atomic mass is 16.2. The van der Waals surface area contributed by atoms with Crippen molar-refractivity contribution < 1.29 is 4.79 Å². The van der Waals surface area contributed by atoms with Crippen molar-refractivity contribution in [1.29, 1.82) is 0 Å². The molecule has 0 spiro atoms. The van der Waals surface area contributed by atoms with Crippen molar-refractivity contribution in [3.63, 3.8) is 0 Å². The first-order chi connectivity index (χ1) is 7.22. The molecule has 1 aliphatic heterocycles. The standard InChI is InChI=1S/C10H14N4O/c1-7(4-11)14-6-10(15)13-8-5-12-3-2-9(8)14/h2-3,5,7H,4,6,11H2,1H3,(H,13,15). The second-order valence-electron chi connectivity index (χ2n) is 3.65. The van der Waals surface area contributed by atoms with Crippen LogP contribution in [0.4, 0.5) is 11.4 Å². The molecule has 5 heteroatoms. The predicted molar refractivity (Wildman–Crippen MR) is 58.7 cm³/mol. The van der Waals surface area contributed by atoms with Crippen LogP contribution in [0.5, 0.6) is 0 Å². The third kappa shape index (κ3) is 1.78. The Morgan fingerprint density at radius 3 is 3.27 bits per heavy atom. The van der Waals surface area contributed by atoms with Gasteiger partial charge in [-0.05, 0) is 13.0 Å². The van der Waals surface area contributed by atoms with Crippen LogP contribution in [0.1, 0.15) is 6.92 Å². The molecule has 15 heavy (non-hydrogen) atoms. The molecule has 0 bridgehead atoms. The van der Waals surface area contributed by atoms with Crippen LogP contribution in [0.25, 0.3) is 0 Å². The Morgan fingerprint density at radius 1 is 1.73 bits per heavy atom. The van der Waals surface area contributed by atoms with Gasteiger partial charge in [0.25, 0.3) is 0 Å². The molecule has 0 aliphatic carbocycles. The van der Waals surface area contributed by atoms with Gasteiger partial charge in [-0.15, -0.1) is 0 Å². The van der Waals surface area contributed by atoms with Gasteiger partial charge in [0.2, 0.25) is 5.91 Å². The summed E-state index contributed by atoms with van der Waals surface area (Å²) in [4.78, 5) is 17.4. The minimum Gasteiger partial charge on any atom is -0.356 e. The van der Waals surface area contributed by atoms with E-state index in [9.17, 15) is 4.79 Å². The molecule has 0 saturated carbocycles. The molecule has 1 aromatic rings. The Morgan fingerprint density at radius 2 is 2.53 bits per heavy atom. The van der Waals surface area contributed by atoms with E-state index in [1.54, 1.807) is 12.4 Å². The lowest BCUT2D eigenvalue weighted by atomic mass is 10.2. The summed E-state index contributed by atoms with van der Waals surface area (Å²) in [5, 5.41) is 2.78. The van der Waals surface area contributed by atoms with Gasteiger partial charge in [-0.1, -0.05) is 0 Å². The second-order valence-corrected chi connectivity index (χ2v) is 3.65. The van der Waals surface area contributed by atoms with Crippen molar-refractivity contribution in [2.45, 2.75) is 13.0 Å². The van der Waals surface area contributed by atoms with Crippen LogP contribution in [-0.4, -0.2) is 30.0 Å². The predicted octanol–water partition coefficient (Wildman–Crippen LogP) is 0.187.